The van der Waals surface area contributed by atoms with Crippen LogP contribution >= 0.6 is 0 Å². The lowest BCUT2D eigenvalue weighted by Crippen LogP contribution is -2.26. The van der Waals surface area contributed by atoms with Crippen LogP contribution < -0.4 is 4.90 Å². The van der Waals surface area contributed by atoms with E-state index >= 15 is 0 Å². The number of rotatable bonds is 6. The Morgan fingerprint density at radius 1 is 1.26 bits per heavy atom. The zero-order valence-electron chi connectivity index (χ0n) is 11.4. The zero-order valence-corrected chi connectivity index (χ0v) is 12.2. The molecule has 0 bridgehead atoms. The summed E-state index contributed by atoms with van der Waals surface area (Å²) in [5, 5.41) is 0. The van der Waals surface area contributed by atoms with Crippen molar-refractivity contribution in [1.82, 2.24) is 0 Å². The van der Waals surface area contributed by atoms with Crippen molar-refractivity contribution in [2.24, 2.45) is 0 Å². The molecule has 0 amide bonds. The number of esters is 1. The van der Waals surface area contributed by atoms with E-state index in [1.165, 1.54) is 7.11 Å². The van der Waals surface area contributed by atoms with Crippen molar-refractivity contribution in [2.45, 2.75) is 18.2 Å². The van der Waals surface area contributed by atoms with Gasteiger partial charge in [-0.2, -0.15) is 0 Å². The molecule has 0 spiro atoms. The average molecular weight is 285 g/mol. The van der Waals surface area contributed by atoms with Gasteiger partial charge < -0.3 is 9.64 Å². The zero-order chi connectivity index (χ0) is 14.5. The second-order valence-corrected chi connectivity index (χ2v) is 6.35. The van der Waals surface area contributed by atoms with Crippen LogP contribution in [0, 0.1) is 0 Å². The fraction of sp³-hybridized carbons (Fsp3) is 0.462. The molecule has 19 heavy (non-hydrogen) atoms. The first-order chi connectivity index (χ1) is 8.90. The van der Waals surface area contributed by atoms with Gasteiger partial charge in [-0.05, 0) is 30.7 Å². The van der Waals surface area contributed by atoms with Gasteiger partial charge in [0.05, 0.1) is 17.8 Å². The predicted octanol–water partition coefficient (Wildman–Crippen LogP) is 1.48. The minimum absolute atomic E-state index is 0.123. The van der Waals surface area contributed by atoms with Crippen LogP contribution in [0.4, 0.5) is 5.69 Å². The largest absolute Gasteiger partial charge is 0.468 e. The molecule has 0 saturated carbocycles. The number of carbonyl (C=O) groups is 1. The normalized spacial score (nSPS) is 11.1. The average Bonchev–Trinajstić information content (AvgIpc) is 2.38. The molecule has 0 aromatic heterocycles. The summed E-state index contributed by atoms with van der Waals surface area (Å²) in [7, 11) is -0.118. The van der Waals surface area contributed by atoms with E-state index in [1.54, 1.807) is 36.2 Å². The maximum atomic E-state index is 11.8. The molecule has 0 aliphatic heterocycles. The SMILES string of the molecule is CCCS(=O)(=O)c1ccc(N(C)CC(=O)OC)cc1. The van der Waals surface area contributed by atoms with Crippen LogP contribution in [-0.2, 0) is 19.4 Å². The van der Waals surface area contributed by atoms with Crippen molar-refractivity contribution in [1.29, 1.82) is 0 Å². The first-order valence-corrected chi connectivity index (χ1v) is 7.66. The number of carbonyl (C=O) groups excluding carboxylic acids is 1. The summed E-state index contributed by atoms with van der Waals surface area (Å²) in [5.41, 5.74) is 0.765. The van der Waals surface area contributed by atoms with E-state index in [2.05, 4.69) is 4.74 Å². The maximum Gasteiger partial charge on any atom is 0.325 e. The lowest BCUT2D eigenvalue weighted by molar-refractivity contribution is -0.138. The molecule has 106 valence electrons. The Morgan fingerprint density at radius 3 is 2.32 bits per heavy atom. The number of methoxy groups -OCH3 is 1. The molecule has 6 heteroatoms. The van der Waals surface area contributed by atoms with Gasteiger partial charge in [0.25, 0.3) is 0 Å². The van der Waals surface area contributed by atoms with Crippen molar-refractivity contribution in [3.8, 4) is 0 Å². The predicted molar refractivity (Wildman–Crippen MR) is 74.1 cm³/mol. The van der Waals surface area contributed by atoms with Crippen LogP contribution in [0.5, 0.6) is 0 Å². The molecule has 0 N–H and O–H groups in total. The molecular formula is C13H19NO4S. The van der Waals surface area contributed by atoms with Gasteiger partial charge in [0.2, 0.25) is 0 Å². The first kappa shape index (κ1) is 15.5. The van der Waals surface area contributed by atoms with Crippen molar-refractivity contribution < 1.29 is 17.9 Å². The summed E-state index contributed by atoms with van der Waals surface area (Å²) in [6, 6.07) is 6.50. The second kappa shape index (κ2) is 6.56. The molecule has 0 atom stereocenters. The highest BCUT2D eigenvalue weighted by Gasteiger charge is 2.13. The number of nitrogens with zero attached hydrogens (tertiary/aromatic N) is 1. The molecular weight excluding hydrogens is 266 g/mol. The fourth-order valence-corrected chi connectivity index (χ4v) is 2.97. The Morgan fingerprint density at radius 2 is 1.84 bits per heavy atom. The van der Waals surface area contributed by atoms with Gasteiger partial charge in [0.15, 0.2) is 9.84 Å². The third-order valence-corrected chi connectivity index (χ3v) is 4.64. The van der Waals surface area contributed by atoms with E-state index in [-0.39, 0.29) is 18.3 Å². The Bertz CT molecular complexity index is 522. The third-order valence-electron chi connectivity index (χ3n) is 2.70. The number of anilines is 1. The van der Waals surface area contributed by atoms with Crippen LogP contribution in [0.25, 0.3) is 0 Å². The number of sulfone groups is 1. The highest BCUT2D eigenvalue weighted by Crippen LogP contribution is 2.18. The molecule has 0 aliphatic rings. The van der Waals surface area contributed by atoms with E-state index in [9.17, 15) is 13.2 Å². The van der Waals surface area contributed by atoms with Crippen molar-refractivity contribution in [2.75, 3.05) is 31.4 Å². The van der Waals surface area contributed by atoms with Crippen molar-refractivity contribution in [3.05, 3.63) is 24.3 Å². The summed E-state index contributed by atoms with van der Waals surface area (Å²) in [4.78, 5) is 13.2. The van der Waals surface area contributed by atoms with Crippen molar-refractivity contribution in [3.63, 3.8) is 0 Å². The van der Waals surface area contributed by atoms with Gasteiger partial charge >= 0.3 is 5.97 Å². The second-order valence-electron chi connectivity index (χ2n) is 4.24. The van der Waals surface area contributed by atoms with Crippen LogP contribution in [0.15, 0.2) is 29.2 Å². The lowest BCUT2D eigenvalue weighted by atomic mass is 10.3. The van der Waals surface area contributed by atoms with Crippen LogP contribution in [0.3, 0.4) is 0 Å². The van der Waals surface area contributed by atoms with Gasteiger partial charge in [-0.25, -0.2) is 8.42 Å². The summed E-state index contributed by atoms with van der Waals surface area (Å²) in [6.45, 7) is 1.95. The molecule has 1 rings (SSSR count). The molecule has 5 nitrogen and oxygen atoms in total. The smallest absolute Gasteiger partial charge is 0.325 e. The van der Waals surface area contributed by atoms with Crippen LogP contribution in [-0.4, -0.2) is 40.8 Å². The minimum atomic E-state index is -3.19. The van der Waals surface area contributed by atoms with Gasteiger partial charge in [0.1, 0.15) is 6.54 Å². The molecule has 0 fully saturated rings. The van der Waals surface area contributed by atoms with E-state index < -0.39 is 9.84 Å². The van der Waals surface area contributed by atoms with Gasteiger partial charge in [-0.3, -0.25) is 4.79 Å². The monoisotopic (exact) mass is 285 g/mol. The fourth-order valence-electron chi connectivity index (χ4n) is 1.64. The molecule has 0 heterocycles. The Kier molecular flexibility index (Phi) is 5.35. The highest BCUT2D eigenvalue weighted by atomic mass is 32.2. The number of likely N-dealkylation sites (N-methyl/N-ethyl adjacent to an activating group) is 1. The molecule has 0 unspecified atom stereocenters. The van der Waals surface area contributed by atoms with Gasteiger partial charge in [-0.1, -0.05) is 6.92 Å². The molecule has 1 aromatic rings. The maximum absolute atomic E-state index is 11.8. The number of ether oxygens (including phenoxy) is 1. The number of hydrogen-bond donors (Lipinski definition) is 0. The molecule has 0 radical (unpaired) electrons. The number of hydrogen-bond acceptors (Lipinski definition) is 5. The first-order valence-electron chi connectivity index (χ1n) is 6.01. The minimum Gasteiger partial charge on any atom is -0.468 e. The van der Waals surface area contributed by atoms with Gasteiger partial charge in [0, 0.05) is 12.7 Å². The van der Waals surface area contributed by atoms with Crippen molar-refractivity contribution >= 4 is 21.5 Å². The number of benzene rings is 1. The van der Waals surface area contributed by atoms with E-state index in [4.69, 9.17) is 0 Å². The topological polar surface area (TPSA) is 63.7 Å². The lowest BCUT2D eigenvalue weighted by Gasteiger charge is -2.17. The molecule has 0 saturated heterocycles. The summed E-state index contributed by atoms with van der Waals surface area (Å²) < 4.78 is 28.3. The standard InChI is InChI=1S/C13H19NO4S/c1-4-9-19(16,17)12-7-5-11(6-8-12)14(2)10-13(15)18-3/h5-8H,4,9-10H2,1-3H3. The van der Waals surface area contributed by atoms with E-state index in [0.29, 0.717) is 11.3 Å². The van der Waals surface area contributed by atoms with E-state index in [1.807, 2.05) is 6.92 Å². The van der Waals surface area contributed by atoms with Crippen LogP contribution in [0.2, 0.25) is 0 Å². The molecule has 0 aliphatic carbocycles. The Balaban J connectivity index is 2.85. The summed E-state index contributed by atoms with van der Waals surface area (Å²) >= 11 is 0. The summed E-state index contributed by atoms with van der Waals surface area (Å²) in [5.74, 6) is -0.199. The Labute approximate surface area is 114 Å². The van der Waals surface area contributed by atoms with Crippen LogP contribution in [0.1, 0.15) is 13.3 Å². The third kappa shape index (κ3) is 4.24. The van der Waals surface area contributed by atoms with E-state index in [0.717, 1.165) is 5.69 Å². The van der Waals surface area contributed by atoms with Gasteiger partial charge in [-0.15, -0.1) is 0 Å². The Hall–Kier alpha value is -1.56. The summed E-state index contributed by atoms with van der Waals surface area (Å²) in [6.07, 6.45) is 0.590. The quantitative estimate of drug-likeness (QED) is 0.741. The molecule has 1 aromatic carbocycles. The highest BCUT2D eigenvalue weighted by molar-refractivity contribution is 7.91.